The highest BCUT2D eigenvalue weighted by molar-refractivity contribution is 7.98. The molecular formula is C13H14ClN3OS. The molecule has 0 spiro atoms. The van der Waals surface area contributed by atoms with Crippen LogP contribution in [0.2, 0.25) is 5.15 Å². The van der Waals surface area contributed by atoms with Gasteiger partial charge in [-0.25, -0.2) is 9.97 Å². The summed E-state index contributed by atoms with van der Waals surface area (Å²) in [6.07, 6.45) is 0. The number of hydrogen-bond acceptors (Lipinski definition) is 5. The maximum absolute atomic E-state index is 5.91. The molecule has 0 aliphatic heterocycles. The summed E-state index contributed by atoms with van der Waals surface area (Å²) in [7, 11) is 1.62. The lowest BCUT2D eigenvalue weighted by Crippen LogP contribution is -1.96. The van der Waals surface area contributed by atoms with Crippen LogP contribution in [0, 0.1) is 6.92 Å². The Hall–Kier alpha value is -1.46. The van der Waals surface area contributed by atoms with Gasteiger partial charge in [0.05, 0.1) is 12.9 Å². The molecule has 0 aliphatic rings. The van der Waals surface area contributed by atoms with E-state index in [9.17, 15) is 0 Å². The van der Waals surface area contributed by atoms with E-state index < -0.39 is 0 Å². The van der Waals surface area contributed by atoms with Gasteiger partial charge >= 0.3 is 0 Å². The molecule has 0 amide bonds. The number of halogens is 1. The Morgan fingerprint density at radius 3 is 2.79 bits per heavy atom. The van der Waals surface area contributed by atoms with Gasteiger partial charge in [0.25, 0.3) is 0 Å². The number of thioether (sulfide) groups is 1. The zero-order valence-corrected chi connectivity index (χ0v) is 12.3. The number of anilines is 1. The predicted molar refractivity (Wildman–Crippen MR) is 78.7 cm³/mol. The summed E-state index contributed by atoms with van der Waals surface area (Å²) in [4.78, 5) is 9.53. The van der Waals surface area contributed by atoms with Crippen molar-refractivity contribution in [1.29, 1.82) is 0 Å². The first-order valence-electron chi connectivity index (χ1n) is 5.65. The van der Waals surface area contributed by atoms with E-state index in [1.54, 1.807) is 31.0 Å². The SMILES string of the molecule is COc1cc(N)ccc1SCc1nc(C)cc(Cl)n1. The van der Waals surface area contributed by atoms with Crippen molar-refractivity contribution in [3.8, 4) is 5.75 Å². The van der Waals surface area contributed by atoms with E-state index in [0.717, 1.165) is 16.3 Å². The Balaban J connectivity index is 2.14. The number of methoxy groups -OCH3 is 1. The Labute approximate surface area is 121 Å². The lowest BCUT2D eigenvalue weighted by Gasteiger charge is -2.08. The van der Waals surface area contributed by atoms with E-state index in [4.69, 9.17) is 22.1 Å². The summed E-state index contributed by atoms with van der Waals surface area (Å²) < 4.78 is 5.29. The molecule has 1 aromatic carbocycles. The fraction of sp³-hybridized carbons (Fsp3) is 0.231. The first kappa shape index (κ1) is 14.0. The van der Waals surface area contributed by atoms with Crippen molar-refractivity contribution >= 4 is 29.1 Å². The van der Waals surface area contributed by atoms with E-state index in [2.05, 4.69) is 9.97 Å². The zero-order chi connectivity index (χ0) is 13.8. The van der Waals surface area contributed by atoms with E-state index in [1.165, 1.54) is 0 Å². The Morgan fingerprint density at radius 1 is 1.32 bits per heavy atom. The van der Waals surface area contributed by atoms with Gasteiger partial charge in [0.2, 0.25) is 0 Å². The molecule has 6 heteroatoms. The van der Waals surface area contributed by atoms with Gasteiger partial charge in [-0.3, -0.25) is 0 Å². The maximum Gasteiger partial charge on any atom is 0.140 e. The molecule has 2 aromatic rings. The summed E-state index contributed by atoms with van der Waals surface area (Å²) in [6, 6.07) is 7.30. The lowest BCUT2D eigenvalue weighted by molar-refractivity contribution is 0.405. The van der Waals surface area contributed by atoms with E-state index >= 15 is 0 Å². The molecule has 0 radical (unpaired) electrons. The minimum atomic E-state index is 0.465. The third-order valence-electron chi connectivity index (χ3n) is 2.41. The summed E-state index contributed by atoms with van der Waals surface area (Å²) in [5.74, 6) is 2.08. The van der Waals surface area contributed by atoms with Gasteiger partial charge in [0.1, 0.15) is 16.7 Å². The molecule has 0 fully saturated rings. The number of ether oxygens (including phenoxy) is 1. The van der Waals surface area contributed by atoms with E-state index in [1.807, 2.05) is 19.1 Å². The molecule has 4 nitrogen and oxygen atoms in total. The van der Waals surface area contributed by atoms with Crippen molar-refractivity contribution in [1.82, 2.24) is 9.97 Å². The molecule has 2 rings (SSSR count). The van der Waals surface area contributed by atoms with Crippen LogP contribution in [0.3, 0.4) is 0 Å². The second-order valence-corrected chi connectivity index (χ2v) is 5.35. The van der Waals surface area contributed by atoms with Crippen molar-refractivity contribution in [2.75, 3.05) is 12.8 Å². The van der Waals surface area contributed by atoms with Gasteiger partial charge in [-0.05, 0) is 25.1 Å². The van der Waals surface area contributed by atoms with E-state index in [0.29, 0.717) is 22.4 Å². The van der Waals surface area contributed by atoms with Gasteiger partial charge in [-0.15, -0.1) is 11.8 Å². The third-order valence-corrected chi connectivity index (χ3v) is 3.66. The van der Waals surface area contributed by atoms with Crippen LogP contribution in [0.25, 0.3) is 0 Å². The van der Waals surface area contributed by atoms with Gasteiger partial charge in [-0.1, -0.05) is 11.6 Å². The van der Waals surface area contributed by atoms with Crippen LogP contribution in [0.5, 0.6) is 5.75 Å². The van der Waals surface area contributed by atoms with Crippen LogP contribution in [-0.4, -0.2) is 17.1 Å². The van der Waals surface area contributed by atoms with Crippen molar-refractivity contribution in [2.24, 2.45) is 0 Å². The highest BCUT2D eigenvalue weighted by atomic mass is 35.5. The molecule has 0 saturated heterocycles. The number of hydrogen-bond donors (Lipinski definition) is 1. The van der Waals surface area contributed by atoms with Crippen molar-refractivity contribution in [3.63, 3.8) is 0 Å². The average molecular weight is 296 g/mol. The second kappa shape index (κ2) is 6.12. The normalized spacial score (nSPS) is 10.5. The summed E-state index contributed by atoms with van der Waals surface area (Å²) in [5.41, 5.74) is 7.26. The molecule has 1 aromatic heterocycles. The molecule has 1 heterocycles. The summed E-state index contributed by atoms with van der Waals surface area (Å²) in [6.45, 7) is 1.89. The minimum Gasteiger partial charge on any atom is -0.496 e. The molecule has 0 aliphatic carbocycles. The van der Waals surface area contributed by atoms with Gasteiger partial charge in [0, 0.05) is 22.3 Å². The third kappa shape index (κ3) is 3.75. The zero-order valence-electron chi connectivity index (χ0n) is 10.7. The number of benzene rings is 1. The summed E-state index contributed by atoms with van der Waals surface area (Å²) in [5, 5.41) is 0.465. The molecule has 19 heavy (non-hydrogen) atoms. The molecule has 0 unspecified atom stereocenters. The second-order valence-electron chi connectivity index (χ2n) is 3.95. The van der Waals surface area contributed by atoms with Crippen molar-refractivity contribution in [3.05, 3.63) is 40.9 Å². The van der Waals surface area contributed by atoms with Gasteiger partial charge < -0.3 is 10.5 Å². The molecule has 0 saturated carbocycles. The van der Waals surface area contributed by atoms with Crippen LogP contribution >= 0.6 is 23.4 Å². The molecule has 0 atom stereocenters. The van der Waals surface area contributed by atoms with Crippen LogP contribution < -0.4 is 10.5 Å². The lowest BCUT2D eigenvalue weighted by atomic mass is 10.3. The molecular weight excluding hydrogens is 282 g/mol. The standard InChI is InChI=1S/C13H14ClN3OS/c1-8-5-12(14)17-13(16-8)7-19-11-4-3-9(15)6-10(11)18-2/h3-6H,7,15H2,1-2H3. The molecule has 2 N–H and O–H groups in total. The van der Waals surface area contributed by atoms with Crippen molar-refractivity contribution in [2.45, 2.75) is 17.6 Å². The largest absolute Gasteiger partial charge is 0.496 e. The quantitative estimate of drug-likeness (QED) is 0.532. The highest BCUT2D eigenvalue weighted by Crippen LogP contribution is 2.32. The first-order valence-corrected chi connectivity index (χ1v) is 7.01. The number of nitrogen functional groups attached to an aromatic ring is 1. The topological polar surface area (TPSA) is 61.0 Å². The Bertz CT molecular complexity index is 572. The Kier molecular flexibility index (Phi) is 4.50. The van der Waals surface area contributed by atoms with Crippen LogP contribution in [0.4, 0.5) is 5.69 Å². The fourth-order valence-corrected chi connectivity index (χ4v) is 2.72. The van der Waals surface area contributed by atoms with Crippen molar-refractivity contribution < 1.29 is 4.74 Å². The maximum atomic E-state index is 5.91. The highest BCUT2D eigenvalue weighted by Gasteiger charge is 2.07. The molecule has 100 valence electrons. The number of rotatable bonds is 4. The Morgan fingerprint density at radius 2 is 2.11 bits per heavy atom. The average Bonchev–Trinajstić information content (AvgIpc) is 2.36. The minimum absolute atomic E-state index is 0.465. The van der Waals surface area contributed by atoms with Crippen LogP contribution in [-0.2, 0) is 5.75 Å². The fourth-order valence-electron chi connectivity index (χ4n) is 1.60. The van der Waals surface area contributed by atoms with Gasteiger partial charge in [0.15, 0.2) is 0 Å². The number of aryl methyl sites for hydroxylation is 1. The molecule has 0 bridgehead atoms. The van der Waals surface area contributed by atoms with Crippen LogP contribution in [0.15, 0.2) is 29.2 Å². The first-order chi connectivity index (χ1) is 9.08. The van der Waals surface area contributed by atoms with Gasteiger partial charge in [-0.2, -0.15) is 0 Å². The van der Waals surface area contributed by atoms with E-state index in [-0.39, 0.29) is 0 Å². The smallest absolute Gasteiger partial charge is 0.140 e. The summed E-state index contributed by atoms with van der Waals surface area (Å²) >= 11 is 7.50. The predicted octanol–water partition coefficient (Wildman–Crippen LogP) is 3.32. The number of nitrogens with two attached hydrogens (primary N) is 1. The number of nitrogens with zero attached hydrogens (tertiary/aromatic N) is 2. The monoisotopic (exact) mass is 295 g/mol. The van der Waals surface area contributed by atoms with Crippen LogP contribution in [0.1, 0.15) is 11.5 Å². The number of aromatic nitrogens is 2.